The molecule has 0 fully saturated rings. The van der Waals surface area contributed by atoms with Crippen molar-refractivity contribution in [2.24, 2.45) is 0 Å². The predicted octanol–water partition coefficient (Wildman–Crippen LogP) is 1.60. The summed E-state index contributed by atoms with van der Waals surface area (Å²) < 4.78 is 5.33. The van der Waals surface area contributed by atoms with Gasteiger partial charge in [0.25, 0.3) is 0 Å². The van der Waals surface area contributed by atoms with Crippen LogP contribution in [-0.4, -0.2) is 54.0 Å². The van der Waals surface area contributed by atoms with Crippen molar-refractivity contribution in [3.05, 3.63) is 0 Å². The number of likely N-dealkylation sites (N-methyl/N-ethyl adjacent to an activating group) is 1. The van der Waals surface area contributed by atoms with Crippen LogP contribution in [0.2, 0.25) is 0 Å². The number of amides is 2. The van der Waals surface area contributed by atoms with Gasteiger partial charge in [-0.05, 0) is 41.0 Å². The van der Waals surface area contributed by atoms with Crippen molar-refractivity contribution in [3.8, 4) is 0 Å². The molecule has 0 aromatic rings. The Balaban J connectivity index is 4.23. The van der Waals surface area contributed by atoms with E-state index in [4.69, 9.17) is 4.74 Å². The van der Waals surface area contributed by atoms with Crippen LogP contribution >= 0.6 is 0 Å². The summed E-state index contributed by atoms with van der Waals surface area (Å²) in [6, 6.07) is -0.173. The number of hydrogen-bond donors (Lipinski definition) is 2. The number of nitrogens with one attached hydrogen (secondary N) is 1. The third kappa shape index (κ3) is 7.50. The fraction of sp³-hybridized carbons (Fsp3) is 0.923. The first-order valence-electron chi connectivity index (χ1n) is 6.26. The molecule has 0 aromatic carbocycles. The molecule has 0 saturated heterocycles. The van der Waals surface area contributed by atoms with Gasteiger partial charge in [-0.2, -0.15) is 0 Å². The predicted molar refractivity (Wildman–Crippen MR) is 72.6 cm³/mol. The Hall–Kier alpha value is -0.810. The summed E-state index contributed by atoms with van der Waals surface area (Å²) in [6.45, 7) is 9.55. The number of ether oxygens (including phenoxy) is 1. The van der Waals surface area contributed by atoms with E-state index in [1.54, 1.807) is 28.0 Å². The molecule has 5 heteroatoms. The topological polar surface area (TPSA) is 61.8 Å². The van der Waals surface area contributed by atoms with Crippen LogP contribution in [0.1, 0.15) is 41.0 Å². The molecule has 0 aliphatic rings. The lowest BCUT2D eigenvalue weighted by atomic mass is 10.00. The molecule has 0 rings (SSSR count). The zero-order valence-electron chi connectivity index (χ0n) is 12.7. The van der Waals surface area contributed by atoms with Crippen molar-refractivity contribution in [3.63, 3.8) is 0 Å². The van der Waals surface area contributed by atoms with E-state index in [0.717, 1.165) is 6.42 Å². The van der Waals surface area contributed by atoms with E-state index in [2.05, 4.69) is 5.32 Å². The van der Waals surface area contributed by atoms with Crippen molar-refractivity contribution in [2.75, 3.05) is 20.7 Å². The molecular formula is C13H28N2O3. The highest BCUT2D eigenvalue weighted by Gasteiger charge is 2.24. The van der Waals surface area contributed by atoms with E-state index >= 15 is 0 Å². The lowest BCUT2D eigenvalue weighted by molar-refractivity contribution is 0.00861. The highest BCUT2D eigenvalue weighted by atomic mass is 16.5. The summed E-state index contributed by atoms with van der Waals surface area (Å²) in [5.74, 6) is 0. The lowest BCUT2D eigenvalue weighted by Gasteiger charge is -2.30. The second-order valence-electron chi connectivity index (χ2n) is 6.19. The van der Waals surface area contributed by atoms with E-state index < -0.39 is 5.60 Å². The van der Waals surface area contributed by atoms with Crippen LogP contribution in [-0.2, 0) is 4.74 Å². The van der Waals surface area contributed by atoms with Gasteiger partial charge in [-0.15, -0.1) is 0 Å². The van der Waals surface area contributed by atoms with Gasteiger partial charge in [0.15, 0.2) is 0 Å². The maximum Gasteiger partial charge on any atom is 0.317 e. The highest BCUT2D eigenvalue weighted by molar-refractivity contribution is 5.74. The molecule has 2 amide bonds. The molecule has 0 aromatic heterocycles. The summed E-state index contributed by atoms with van der Waals surface area (Å²) in [5, 5.41) is 12.5. The molecule has 0 saturated carbocycles. The number of aliphatic hydroxyl groups is 1. The maximum absolute atomic E-state index is 11.9. The van der Waals surface area contributed by atoms with Crippen molar-refractivity contribution in [1.29, 1.82) is 0 Å². The number of urea groups is 1. The molecule has 5 nitrogen and oxygen atoms in total. The van der Waals surface area contributed by atoms with Gasteiger partial charge in [0, 0.05) is 20.2 Å². The normalized spacial score (nSPS) is 14.2. The van der Waals surface area contributed by atoms with E-state index in [-0.39, 0.29) is 17.7 Å². The Kier molecular flexibility index (Phi) is 6.10. The zero-order chi connectivity index (χ0) is 14.6. The minimum absolute atomic E-state index is 0.0108. The van der Waals surface area contributed by atoms with Gasteiger partial charge in [-0.3, -0.25) is 0 Å². The van der Waals surface area contributed by atoms with Crippen LogP contribution in [0.5, 0.6) is 0 Å². The molecule has 0 aliphatic carbocycles. The summed E-state index contributed by atoms with van der Waals surface area (Å²) in [5.41, 5.74) is -1.15. The fourth-order valence-electron chi connectivity index (χ4n) is 1.84. The molecule has 108 valence electrons. The summed E-state index contributed by atoms with van der Waals surface area (Å²) >= 11 is 0. The summed E-state index contributed by atoms with van der Waals surface area (Å²) in [4.78, 5) is 13.4. The van der Waals surface area contributed by atoms with E-state index in [0.29, 0.717) is 6.54 Å². The van der Waals surface area contributed by atoms with Crippen molar-refractivity contribution < 1.29 is 14.6 Å². The fourth-order valence-corrected chi connectivity index (χ4v) is 1.84. The average molecular weight is 260 g/mol. The van der Waals surface area contributed by atoms with Crippen LogP contribution in [0.3, 0.4) is 0 Å². The van der Waals surface area contributed by atoms with Gasteiger partial charge in [0.05, 0.1) is 17.7 Å². The molecule has 1 atom stereocenters. The Bertz CT molecular complexity index is 272. The Morgan fingerprint density at radius 2 is 1.89 bits per heavy atom. The van der Waals surface area contributed by atoms with Gasteiger partial charge >= 0.3 is 6.03 Å². The monoisotopic (exact) mass is 260 g/mol. The molecule has 0 heterocycles. The number of carbonyl (C=O) groups excluding carboxylic acids is 1. The van der Waals surface area contributed by atoms with Gasteiger partial charge < -0.3 is 20.1 Å². The maximum atomic E-state index is 11.9. The Morgan fingerprint density at radius 1 is 1.39 bits per heavy atom. The average Bonchev–Trinajstić information content (AvgIpc) is 2.13. The third-order valence-corrected chi connectivity index (χ3v) is 2.69. The lowest BCUT2D eigenvalue weighted by Crippen LogP contribution is -2.48. The molecule has 0 spiro atoms. The van der Waals surface area contributed by atoms with E-state index in [1.807, 2.05) is 20.8 Å². The minimum atomic E-state index is -0.888. The van der Waals surface area contributed by atoms with Crippen molar-refractivity contribution in [1.82, 2.24) is 10.2 Å². The molecule has 1 unspecified atom stereocenters. The van der Waals surface area contributed by atoms with Gasteiger partial charge in [0.2, 0.25) is 0 Å². The third-order valence-electron chi connectivity index (χ3n) is 2.69. The van der Waals surface area contributed by atoms with E-state index in [1.165, 1.54) is 4.90 Å². The minimum Gasteiger partial charge on any atom is -0.389 e. The molecule has 0 radical (unpaired) electrons. The molecule has 2 N–H and O–H groups in total. The van der Waals surface area contributed by atoms with Gasteiger partial charge in [-0.1, -0.05) is 0 Å². The molecule has 0 aliphatic heterocycles. The number of nitrogens with zero attached hydrogens (tertiary/aromatic N) is 1. The van der Waals surface area contributed by atoms with Crippen molar-refractivity contribution >= 4 is 6.03 Å². The van der Waals surface area contributed by atoms with Crippen LogP contribution in [0, 0.1) is 0 Å². The quantitative estimate of drug-likeness (QED) is 0.762. The molecule has 0 bridgehead atoms. The summed E-state index contributed by atoms with van der Waals surface area (Å²) in [7, 11) is 3.33. The second-order valence-corrected chi connectivity index (χ2v) is 6.19. The van der Waals surface area contributed by atoms with Crippen LogP contribution in [0.4, 0.5) is 4.79 Å². The van der Waals surface area contributed by atoms with Crippen LogP contribution in [0.25, 0.3) is 0 Å². The molecular weight excluding hydrogens is 232 g/mol. The van der Waals surface area contributed by atoms with Gasteiger partial charge in [-0.25, -0.2) is 4.79 Å². The number of carbonyl (C=O) groups is 1. The zero-order valence-corrected chi connectivity index (χ0v) is 12.7. The first kappa shape index (κ1) is 17.2. The second kappa shape index (κ2) is 6.38. The van der Waals surface area contributed by atoms with E-state index in [9.17, 15) is 9.90 Å². The SMILES string of the molecule is COC(C)(C)CC(C)NC(=O)N(C)CC(C)(C)O. The standard InChI is InChI=1S/C13H28N2O3/c1-10(8-13(4,5)18-7)14-11(16)15(6)9-12(2,3)17/h10,17H,8-9H2,1-7H3,(H,14,16). The first-order valence-corrected chi connectivity index (χ1v) is 6.26. The number of rotatable bonds is 6. The smallest absolute Gasteiger partial charge is 0.317 e. The Labute approximate surface area is 110 Å². The van der Waals surface area contributed by atoms with Gasteiger partial charge in [0.1, 0.15) is 0 Å². The Morgan fingerprint density at radius 3 is 2.28 bits per heavy atom. The number of hydrogen-bond acceptors (Lipinski definition) is 3. The summed E-state index contributed by atoms with van der Waals surface area (Å²) in [6.07, 6.45) is 0.728. The first-order chi connectivity index (χ1) is 7.97. The number of methoxy groups -OCH3 is 1. The van der Waals surface area contributed by atoms with Crippen LogP contribution in [0.15, 0.2) is 0 Å². The van der Waals surface area contributed by atoms with Crippen molar-refractivity contribution in [2.45, 2.75) is 58.3 Å². The highest BCUT2D eigenvalue weighted by Crippen LogP contribution is 2.15. The molecule has 18 heavy (non-hydrogen) atoms. The largest absolute Gasteiger partial charge is 0.389 e. The van der Waals surface area contributed by atoms with Crippen LogP contribution < -0.4 is 5.32 Å².